The summed E-state index contributed by atoms with van der Waals surface area (Å²) in [6.45, 7) is 2.00. The van der Waals surface area contributed by atoms with Gasteiger partial charge in [0.15, 0.2) is 4.77 Å². The van der Waals surface area contributed by atoms with Crippen LogP contribution in [0.15, 0.2) is 35.4 Å². The summed E-state index contributed by atoms with van der Waals surface area (Å²) < 4.78 is 2.73. The van der Waals surface area contributed by atoms with Gasteiger partial charge in [0, 0.05) is 22.5 Å². The van der Waals surface area contributed by atoms with Gasteiger partial charge in [0.2, 0.25) is 0 Å². The molecule has 78 valence electrons. The number of H-pyrrole nitrogens is 1. The average molecular weight is 236 g/mol. The maximum absolute atomic E-state index is 5.23. The maximum Gasteiger partial charge on any atom is 0.181 e. The van der Waals surface area contributed by atoms with Gasteiger partial charge in [-0.1, -0.05) is 6.07 Å². The quantitative estimate of drug-likeness (QED) is 0.635. The second-order valence-corrected chi connectivity index (χ2v) is 4.58. The SMILES string of the molecule is CSc1cccc(-n2cc(C)[nH]c2=S)c1. The lowest BCUT2D eigenvalue weighted by molar-refractivity contribution is 1.02. The number of hydrogen-bond donors (Lipinski definition) is 1. The molecule has 1 N–H and O–H groups in total. The van der Waals surface area contributed by atoms with Gasteiger partial charge >= 0.3 is 0 Å². The largest absolute Gasteiger partial charge is 0.335 e. The van der Waals surface area contributed by atoms with Crippen LogP contribution in [-0.4, -0.2) is 15.8 Å². The molecule has 0 saturated heterocycles. The molecule has 4 heteroatoms. The Morgan fingerprint density at radius 1 is 1.40 bits per heavy atom. The highest BCUT2D eigenvalue weighted by Crippen LogP contribution is 2.19. The zero-order valence-corrected chi connectivity index (χ0v) is 10.3. The number of nitrogens with one attached hydrogen (secondary N) is 1. The molecular weight excluding hydrogens is 224 g/mol. The first-order valence-electron chi connectivity index (χ1n) is 4.63. The van der Waals surface area contributed by atoms with Gasteiger partial charge in [0.25, 0.3) is 0 Å². The fourth-order valence-electron chi connectivity index (χ4n) is 1.47. The van der Waals surface area contributed by atoms with E-state index in [4.69, 9.17) is 12.2 Å². The number of rotatable bonds is 2. The van der Waals surface area contributed by atoms with Crippen LogP contribution in [0.4, 0.5) is 0 Å². The fourth-order valence-corrected chi connectivity index (χ4v) is 2.24. The highest BCUT2D eigenvalue weighted by atomic mass is 32.2. The Balaban J connectivity index is 2.53. The van der Waals surface area contributed by atoms with Crippen LogP contribution >= 0.6 is 24.0 Å². The van der Waals surface area contributed by atoms with Crippen LogP contribution in [0.2, 0.25) is 0 Å². The average Bonchev–Trinajstić information content (AvgIpc) is 2.58. The summed E-state index contributed by atoms with van der Waals surface area (Å²) in [7, 11) is 0. The van der Waals surface area contributed by atoms with Gasteiger partial charge in [-0.3, -0.25) is 4.57 Å². The van der Waals surface area contributed by atoms with Crippen molar-refractivity contribution < 1.29 is 0 Å². The molecule has 2 nitrogen and oxygen atoms in total. The van der Waals surface area contributed by atoms with Gasteiger partial charge < -0.3 is 4.98 Å². The first-order valence-corrected chi connectivity index (χ1v) is 6.26. The molecule has 0 spiro atoms. The zero-order chi connectivity index (χ0) is 10.8. The second kappa shape index (κ2) is 4.24. The molecule has 15 heavy (non-hydrogen) atoms. The Bertz CT molecular complexity index is 525. The van der Waals surface area contributed by atoms with Gasteiger partial charge in [0.1, 0.15) is 0 Å². The molecular formula is C11H12N2S2. The topological polar surface area (TPSA) is 20.7 Å². The summed E-state index contributed by atoms with van der Waals surface area (Å²) in [5.74, 6) is 0. The lowest BCUT2D eigenvalue weighted by atomic mass is 10.3. The Kier molecular flexibility index (Phi) is 2.98. The predicted octanol–water partition coefficient (Wildman–Crippen LogP) is 3.57. The summed E-state index contributed by atoms with van der Waals surface area (Å²) >= 11 is 6.97. The molecule has 0 fully saturated rings. The highest BCUT2D eigenvalue weighted by Gasteiger charge is 2.00. The van der Waals surface area contributed by atoms with Crippen molar-refractivity contribution in [2.45, 2.75) is 11.8 Å². The number of benzene rings is 1. The van der Waals surface area contributed by atoms with Crippen molar-refractivity contribution in [1.29, 1.82) is 0 Å². The van der Waals surface area contributed by atoms with Crippen molar-refractivity contribution in [2.24, 2.45) is 0 Å². The molecule has 0 unspecified atom stereocenters. The summed E-state index contributed by atoms with van der Waals surface area (Å²) in [5, 5.41) is 0. The van der Waals surface area contributed by atoms with Crippen LogP contribution in [0.1, 0.15) is 5.69 Å². The highest BCUT2D eigenvalue weighted by molar-refractivity contribution is 7.98. The van der Waals surface area contributed by atoms with Crippen molar-refractivity contribution in [2.75, 3.05) is 6.26 Å². The third kappa shape index (κ3) is 2.16. The third-order valence-corrected chi connectivity index (χ3v) is 3.20. The molecule has 0 bridgehead atoms. The van der Waals surface area contributed by atoms with Gasteiger partial charge in [-0.05, 0) is 43.6 Å². The standard InChI is InChI=1S/C11H12N2S2/c1-8-7-13(11(14)12-8)9-4-3-5-10(6-9)15-2/h3-7H,1-2H3,(H,12,14). The van der Waals surface area contributed by atoms with E-state index in [9.17, 15) is 0 Å². The van der Waals surface area contributed by atoms with Gasteiger partial charge in [0.05, 0.1) is 0 Å². The molecule has 2 rings (SSSR count). The number of thioether (sulfide) groups is 1. The van der Waals surface area contributed by atoms with E-state index < -0.39 is 0 Å². The molecule has 0 atom stereocenters. The predicted molar refractivity (Wildman–Crippen MR) is 67.5 cm³/mol. The van der Waals surface area contributed by atoms with Gasteiger partial charge in [-0.25, -0.2) is 0 Å². The minimum Gasteiger partial charge on any atom is -0.335 e. The summed E-state index contributed by atoms with van der Waals surface area (Å²) in [4.78, 5) is 4.36. The van der Waals surface area contributed by atoms with E-state index in [0.717, 1.165) is 16.2 Å². The minimum absolute atomic E-state index is 0.741. The van der Waals surface area contributed by atoms with Crippen LogP contribution < -0.4 is 0 Å². The molecule has 0 aliphatic carbocycles. The maximum atomic E-state index is 5.23. The Hall–Kier alpha value is -1.000. The monoisotopic (exact) mass is 236 g/mol. The smallest absolute Gasteiger partial charge is 0.181 e. The van der Waals surface area contributed by atoms with Crippen LogP contribution in [0.25, 0.3) is 5.69 Å². The van der Waals surface area contributed by atoms with Gasteiger partial charge in [-0.15, -0.1) is 11.8 Å². The Labute approximate surface area is 98.3 Å². The second-order valence-electron chi connectivity index (χ2n) is 3.31. The molecule has 0 saturated carbocycles. The number of imidazole rings is 1. The first-order chi connectivity index (χ1) is 7.20. The van der Waals surface area contributed by atoms with Crippen LogP contribution in [0.3, 0.4) is 0 Å². The lowest BCUT2D eigenvalue weighted by Gasteiger charge is -2.03. The van der Waals surface area contributed by atoms with E-state index in [1.165, 1.54) is 4.90 Å². The fraction of sp³-hybridized carbons (Fsp3) is 0.182. The van der Waals surface area contributed by atoms with E-state index in [1.54, 1.807) is 11.8 Å². The molecule has 0 radical (unpaired) electrons. The van der Waals surface area contributed by atoms with Crippen molar-refractivity contribution in [3.63, 3.8) is 0 Å². The molecule has 1 aromatic carbocycles. The van der Waals surface area contributed by atoms with E-state index >= 15 is 0 Å². The molecule has 1 aromatic heterocycles. The third-order valence-electron chi connectivity index (χ3n) is 2.18. The number of aromatic amines is 1. The number of hydrogen-bond acceptors (Lipinski definition) is 2. The number of nitrogens with zero attached hydrogens (tertiary/aromatic N) is 1. The van der Waals surface area contributed by atoms with Gasteiger partial charge in [-0.2, -0.15) is 0 Å². The molecule has 0 amide bonds. The van der Waals surface area contributed by atoms with Crippen LogP contribution in [-0.2, 0) is 0 Å². The van der Waals surface area contributed by atoms with E-state index in [-0.39, 0.29) is 0 Å². The Morgan fingerprint density at radius 3 is 2.80 bits per heavy atom. The van der Waals surface area contributed by atoms with E-state index in [0.29, 0.717) is 0 Å². The molecule has 0 aliphatic heterocycles. The molecule has 1 heterocycles. The van der Waals surface area contributed by atoms with Crippen molar-refractivity contribution in [3.8, 4) is 5.69 Å². The summed E-state index contributed by atoms with van der Waals surface area (Å²) in [6, 6.07) is 8.33. The number of aromatic nitrogens is 2. The summed E-state index contributed by atoms with van der Waals surface area (Å²) in [5.41, 5.74) is 2.19. The van der Waals surface area contributed by atoms with E-state index in [1.807, 2.05) is 23.8 Å². The van der Waals surface area contributed by atoms with Crippen LogP contribution in [0.5, 0.6) is 0 Å². The summed E-state index contributed by atoms with van der Waals surface area (Å²) in [6.07, 6.45) is 4.09. The zero-order valence-electron chi connectivity index (χ0n) is 8.65. The van der Waals surface area contributed by atoms with Crippen molar-refractivity contribution >= 4 is 24.0 Å². The lowest BCUT2D eigenvalue weighted by Crippen LogP contribution is -1.91. The minimum atomic E-state index is 0.741. The molecule has 0 aliphatic rings. The van der Waals surface area contributed by atoms with Crippen molar-refractivity contribution in [1.82, 2.24) is 9.55 Å². The Morgan fingerprint density at radius 2 is 2.20 bits per heavy atom. The van der Waals surface area contributed by atoms with Crippen molar-refractivity contribution in [3.05, 3.63) is 40.9 Å². The van der Waals surface area contributed by atoms with E-state index in [2.05, 4.69) is 29.4 Å². The number of aryl methyl sites for hydroxylation is 1. The molecule has 2 aromatic rings. The normalized spacial score (nSPS) is 10.5. The van der Waals surface area contributed by atoms with Crippen LogP contribution in [0, 0.1) is 11.7 Å². The first kappa shape index (κ1) is 10.5.